The van der Waals surface area contributed by atoms with Crippen molar-refractivity contribution in [3.63, 3.8) is 0 Å². The summed E-state index contributed by atoms with van der Waals surface area (Å²) in [4.78, 5) is 15.0. The summed E-state index contributed by atoms with van der Waals surface area (Å²) in [6, 6.07) is 0. The zero-order valence-electron chi connectivity index (χ0n) is 9.59. The molecule has 2 N–H and O–H groups in total. The van der Waals surface area contributed by atoms with Gasteiger partial charge in [0.05, 0.1) is 6.54 Å². The van der Waals surface area contributed by atoms with Crippen molar-refractivity contribution in [3.8, 4) is 0 Å². The molecule has 1 aliphatic heterocycles. The van der Waals surface area contributed by atoms with E-state index in [1.54, 1.807) is 11.8 Å². The van der Waals surface area contributed by atoms with Gasteiger partial charge in [-0.25, -0.2) is 0 Å². The minimum absolute atomic E-state index is 0.000198. The van der Waals surface area contributed by atoms with Crippen LogP contribution in [0.4, 0.5) is 0 Å². The van der Waals surface area contributed by atoms with Crippen molar-refractivity contribution in [2.45, 2.75) is 32.7 Å². The number of carbonyl (C=O) groups is 1. The first-order valence-corrected chi connectivity index (χ1v) is 6.18. The van der Waals surface area contributed by atoms with Gasteiger partial charge in [-0.2, -0.15) is 0 Å². The molecule has 15 heavy (non-hydrogen) atoms. The number of aliphatic imine (C=N–C) groups is 1. The summed E-state index contributed by atoms with van der Waals surface area (Å²) in [5.74, 6) is 1.11. The van der Waals surface area contributed by atoms with Gasteiger partial charge in [0.2, 0.25) is 5.91 Å². The summed E-state index contributed by atoms with van der Waals surface area (Å²) in [5, 5.41) is 7.10. The lowest BCUT2D eigenvalue weighted by Crippen LogP contribution is -2.46. The lowest BCUT2D eigenvalue weighted by Gasteiger charge is -2.32. The number of hydrogen-bond donors (Lipinski definition) is 2. The van der Waals surface area contributed by atoms with Crippen LogP contribution in [-0.2, 0) is 4.79 Å². The second-order valence-electron chi connectivity index (χ2n) is 4.28. The van der Waals surface area contributed by atoms with E-state index in [-0.39, 0.29) is 11.4 Å². The zero-order valence-corrected chi connectivity index (χ0v) is 10.4. The van der Waals surface area contributed by atoms with Crippen LogP contribution in [0.3, 0.4) is 0 Å². The Balaban J connectivity index is 2.30. The van der Waals surface area contributed by atoms with Crippen molar-refractivity contribution in [2.24, 2.45) is 4.99 Å². The van der Waals surface area contributed by atoms with E-state index in [0.29, 0.717) is 13.1 Å². The minimum atomic E-state index is -0.000198. The van der Waals surface area contributed by atoms with Crippen molar-refractivity contribution in [2.75, 3.05) is 18.8 Å². The normalized spacial score (nSPS) is 22.2. The maximum absolute atomic E-state index is 10.6. The van der Waals surface area contributed by atoms with Crippen LogP contribution in [0.5, 0.6) is 0 Å². The standard InChI is InChI=1S/C10H19N3OS/c1-8(14)11-5-6-12-9-13-10(2,3)4-7-15-9/h4-7H2,1-3H3,(H,11,14)(H,12,13). The Morgan fingerprint density at radius 3 is 3.00 bits per heavy atom. The molecule has 4 nitrogen and oxygen atoms in total. The van der Waals surface area contributed by atoms with Gasteiger partial charge in [0, 0.05) is 24.8 Å². The third kappa shape index (κ3) is 5.06. The van der Waals surface area contributed by atoms with Crippen LogP contribution in [0.1, 0.15) is 27.2 Å². The molecule has 0 aromatic carbocycles. The highest BCUT2D eigenvalue weighted by Crippen LogP contribution is 2.21. The van der Waals surface area contributed by atoms with Crippen LogP contribution in [0.15, 0.2) is 4.99 Å². The molecule has 1 amide bonds. The Morgan fingerprint density at radius 2 is 2.40 bits per heavy atom. The van der Waals surface area contributed by atoms with Gasteiger partial charge in [0.25, 0.3) is 0 Å². The van der Waals surface area contributed by atoms with Crippen LogP contribution in [-0.4, -0.2) is 35.5 Å². The first kappa shape index (κ1) is 12.4. The van der Waals surface area contributed by atoms with Gasteiger partial charge in [-0.15, -0.1) is 0 Å². The van der Waals surface area contributed by atoms with Crippen molar-refractivity contribution >= 4 is 22.8 Å². The van der Waals surface area contributed by atoms with Gasteiger partial charge in [0.1, 0.15) is 0 Å². The number of rotatable bonds is 3. The van der Waals surface area contributed by atoms with E-state index >= 15 is 0 Å². The number of nitrogens with one attached hydrogen (secondary N) is 2. The Morgan fingerprint density at radius 1 is 1.67 bits per heavy atom. The van der Waals surface area contributed by atoms with E-state index < -0.39 is 0 Å². The predicted octanol–water partition coefficient (Wildman–Crippen LogP) is 0.984. The maximum Gasteiger partial charge on any atom is 0.216 e. The van der Waals surface area contributed by atoms with E-state index in [1.807, 2.05) is 0 Å². The molecule has 0 unspecified atom stereocenters. The summed E-state index contributed by atoms with van der Waals surface area (Å²) in [6.07, 6.45) is 1.16. The summed E-state index contributed by atoms with van der Waals surface area (Å²) >= 11 is 1.75. The summed E-state index contributed by atoms with van der Waals surface area (Å²) < 4.78 is 0. The van der Waals surface area contributed by atoms with Gasteiger partial charge in [-0.05, 0) is 20.3 Å². The molecular weight excluding hydrogens is 210 g/mol. The lowest BCUT2D eigenvalue weighted by molar-refractivity contribution is -0.118. The van der Waals surface area contributed by atoms with Gasteiger partial charge >= 0.3 is 0 Å². The topological polar surface area (TPSA) is 53.5 Å². The first-order chi connectivity index (χ1) is 6.99. The lowest BCUT2D eigenvalue weighted by atomic mass is 10.0. The fourth-order valence-corrected chi connectivity index (χ4v) is 2.60. The molecule has 1 aliphatic rings. The molecule has 0 atom stereocenters. The number of carbonyl (C=O) groups excluding carboxylic acids is 1. The molecule has 0 spiro atoms. The van der Waals surface area contributed by atoms with E-state index in [1.165, 1.54) is 6.92 Å². The number of nitrogens with zero attached hydrogens (tertiary/aromatic N) is 1. The number of amides is 1. The molecule has 1 rings (SSSR count). The summed E-state index contributed by atoms with van der Waals surface area (Å²) in [5.41, 5.74) is 0.151. The Bertz CT molecular complexity index is 263. The van der Waals surface area contributed by atoms with E-state index in [2.05, 4.69) is 29.5 Å². The molecule has 0 saturated carbocycles. The Hall–Kier alpha value is -0.710. The Labute approximate surface area is 95.3 Å². The Kier molecular flexibility index (Phi) is 4.45. The van der Waals surface area contributed by atoms with Crippen LogP contribution in [0.2, 0.25) is 0 Å². The van der Waals surface area contributed by atoms with Gasteiger partial charge < -0.3 is 10.6 Å². The quantitative estimate of drug-likeness (QED) is 0.709. The molecule has 1 heterocycles. The zero-order chi connectivity index (χ0) is 11.3. The predicted molar refractivity (Wildman–Crippen MR) is 65.3 cm³/mol. The molecule has 1 fully saturated rings. The average Bonchev–Trinajstić information content (AvgIpc) is 2.10. The monoisotopic (exact) mass is 229 g/mol. The van der Waals surface area contributed by atoms with Gasteiger partial charge in [-0.3, -0.25) is 9.79 Å². The molecule has 0 aliphatic carbocycles. The fourth-order valence-electron chi connectivity index (χ4n) is 1.27. The highest BCUT2D eigenvalue weighted by atomic mass is 32.2. The molecule has 1 saturated heterocycles. The number of thioether (sulfide) groups is 1. The van der Waals surface area contributed by atoms with Crippen LogP contribution < -0.4 is 10.6 Å². The fraction of sp³-hybridized carbons (Fsp3) is 0.800. The third-order valence-corrected chi connectivity index (χ3v) is 3.07. The van der Waals surface area contributed by atoms with Crippen molar-refractivity contribution < 1.29 is 4.79 Å². The van der Waals surface area contributed by atoms with E-state index in [4.69, 9.17) is 0 Å². The van der Waals surface area contributed by atoms with Crippen molar-refractivity contribution in [1.29, 1.82) is 0 Å². The van der Waals surface area contributed by atoms with Crippen molar-refractivity contribution in [1.82, 2.24) is 10.6 Å². The molecule has 0 aromatic rings. The van der Waals surface area contributed by atoms with Crippen LogP contribution in [0.25, 0.3) is 0 Å². The van der Waals surface area contributed by atoms with Gasteiger partial charge in [0.15, 0.2) is 5.17 Å². The highest BCUT2D eigenvalue weighted by Gasteiger charge is 2.23. The molecule has 5 heteroatoms. The third-order valence-electron chi connectivity index (χ3n) is 2.15. The second kappa shape index (κ2) is 5.39. The largest absolute Gasteiger partial charge is 0.360 e. The molecule has 0 bridgehead atoms. The highest BCUT2D eigenvalue weighted by molar-refractivity contribution is 8.13. The van der Waals surface area contributed by atoms with Gasteiger partial charge in [-0.1, -0.05) is 11.8 Å². The van der Waals surface area contributed by atoms with E-state index in [9.17, 15) is 4.79 Å². The molecule has 0 radical (unpaired) electrons. The molecule has 0 aromatic heterocycles. The van der Waals surface area contributed by atoms with Crippen molar-refractivity contribution in [3.05, 3.63) is 0 Å². The minimum Gasteiger partial charge on any atom is -0.360 e. The number of amidine groups is 1. The van der Waals surface area contributed by atoms with E-state index in [0.717, 1.165) is 17.3 Å². The van der Waals surface area contributed by atoms with Crippen LogP contribution in [0, 0.1) is 0 Å². The SMILES string of the molecule is CC(=O)NCCN=C1NC(C)(C)CCS1. The molecule has 86 valence electrons. The average molecular weight is 229 g/mol. The summed E-state index contributed by atoms with van der Waals surface area (Å²) in [6.45, 7) is 7.13. The smallest absolute Gasteiger partial charge is 0.216 e. The van der Waals surface area contributed by atoms with Crippen LogP contribution >= 0.6 is 11.8 Å². The second-order valence-corrected chi connectivity index (χ2v) is 5.36. The number of hydrogen-bond acceptors (Lipinski definition) is 3. The maximum atomic E-state index is 10.6. The summed E-state index contributed by atoms with van der Waals surface area (Å²) in [7, 11) is 0. The first-order valence-electron chi connectivity index (χ1n) is 5.19. The molecular formula is C10H19N3OS.